The molecule has 0 fully saturated rings. The number of methoxy groups -OCH3 is 1. The zero-order chi connectivity index (χ0) is 20.5. The van der Waals surface area contributed by atoms with Crippen molar-refractivity contribution >= 4 is 5.78 Å². The third kappa shape index (κ3) is 3.38. The summed E-state index contributed by atoms with van der Waals surface area (Å²) in [6, 6.07) is 17.7. The molecule has 2 aromatic carbocycles. The number of nitrogens with two attached hydrogens (primary N) is 1. The standard InChI is InChI=1S/C24H22N2O3/c1-14-3-5-16(6-4-14)22-19(13-25)24(26)29-21-12-17(11-20(27)23(21)22)15-7-9-18(28-2)10-8-15/h3-10,17,22H,11-12,26H2,1-2H3/t17-,22-/m0/s1. The Morgan fingerprint density at radius 1 is 1.07 bits per heavy atom. The minimum atomic E-state index is -0.478. The topological polar surface area (TPSA) is 85.3 Å². The van der Waals surface area contributed by atoms with Gasteiger partial charge in [0, 0.05) is 18.4 Å². The number of allylic oxidation sites excluding steroid dienone is 3. The Hall–Kier alpha value is -3.52. The summed E-state index contributed by atoms with van der Waals surface area (Å²) in [5.74, 6) is 0.952. The summed E-state index contributed by atoms with van der Waals surface area (Å²) in [5.41, 5.74) is 9.99. The molecule has 0 saturated carbocycles. The zero-order valence-corrected chi connectivity index (χ0v) is 16.4. The van der Waals surface area contributed by atoms with Crippen LogP contribution >= 0.6 is 0 Å². The van der Waals surface area contributed by atoms with E-state index in [2.05, 4.69) is 6.07 Å². The van der Waals surface area contributed by atoms with Crippen molar-refractivity contribution in [2.24, 2.45) is 5.73 Å². The summed E-state index contributed by atoms with van der Waals surface area (Å²) < 4.78 is 11.0. The molecule has 2 N–H and O–H groups in total. The normalized spacial score (nSPS) is 21.3. The van der Waals surface area contributed by atoms with Gasteiger partial charge in [-0.1, -0.05) is 42.0 Å². The second-order valence-electron chi connectivity index (χ2n) is 7.47. The first-order chi connectivity index (χ1) is 14.0. The van der Waals surface area contributed by atoms with Crippen molar-refractivity contribution in [1.82, 2.24) is 0 Å². The Bertz CT molecular complexity index is 1060. The van der Waals surface area contributed by atoms with Crippen molar-refractivity contribution in [1.29, 1.82) is 5.26 Å². The number of nitrogens with zero attached hydrogens (tertiary/aromatic N) is 1. The number of benzene rings is 2. The number of hydrogen-bond donors (Lipinski definition) is 1. The van der Waals surface area contributed by atoms with Crippen molar-refractivity contribution in [2.45, 2.75) is 31.6 Å². The highest BCUT2D eigenvalue weighted by Gasteiger charge is 2.40. The molecular weight excluding hydrogens is 364 g/mol. The van der Waals surface area contributed by atoms with E-state index >= 15 is 0 Å². The van der Waals surface area contributed by atoms with Gasteiger partial charge in [0.25, 0.3) is 0 Å². The molecule has 0 aromatic heterocycles. The quantitative estimate of drug-likeness (QED) is 0.854. The Kier molecular flexibility index (Phi) is 4.85. The van der Waals surface area contributed by atoms with Crippen LogP contribution < -0.4 is 10.5 Å². The van der Waals surface area contributed by atoms with Crippen molar-refractivity contribution in [3.05, 3.63) is 88.0 Å². The number of carbonyl (C=O) groups excluding carboxylic acids is 1. The molecule has 0 spiro atoms. The fourth-order valence-corrected chi connectivity index (χ4v) is 4.11. The summed E-state index contributed by atoms with van der Waals surface area (Å²) in [5, 5.41) is 9.69. The molecule has 0 radical (unpaired) electrons. The Morgan fingerprint density at radius 3 is 2.34 bits per heavy atom. The van der Waals surface area contributed by atoms with Crippen molar-refractivity contribution in [2.75, 3.05) is 7.11 Å². The molecule has 29 heavy (non-hydrogen) atoms. The maximum Gasteiger partial charge on any atom is 0.205 e. The predicted octanol–water partition coefficient (Wildman–Crippen LogP) is 4.21. The minimum Gasteiger partial charge on any atom is -0.497 e. The number of ether oxygens (including phenoxy) is 2. The van der Waals surface area contributed by atoms with Gasteiger partial charge in [-0.05, 0) is 36.1 Å². The molecule has 146 valence electrons. The largest absolute Gasteiger partial charge is 0.497 e. The van der Waals surface area contributed by atoms with E-state index in [1.165, 1.54) is 0 Å². The molecule has 5 heteroatoms. The molecule has 5 nitrogen and oxygen atoms in total. The lowest BCUT2D eigenvalue weighted by Gasteiger charge is -2.34. The van der Waals surface area contributed by atoms with Gasteiger partial charge in [-0.15, -0.1) is 0 Å². The van der Waals surface area contributed by atoms with Gasteiger partial charge in [0.05, 0.1) is 13.0 Å². The fourth-order valence-electron chi connectivity index (χ4n) is 4.11. The first-order valence-electron chi connectivity index (χ1n) is 9.56. The number of ketones is 1. The Morgan fingerprint density at radius 2 is 1.72 bits per heavy atom. The van der Waals surface area contributed by atoms with Crippen molar-refractivity contribution < 1.29 is 14.3 Å². The van der Waals surface area contributed by atoms with Gasteiger partial charge < -0.3 is 15.2 Å². The van der Waals surface area contributed by atoms with Crippen LogP contribution in [0.4, 0.5) is 0 Å². The van der Waals surface area contributed by atoms with Gasteiger partial charge in [-0.2, -0.15) is 5.26 Å². The first kappa shape index (κ1) is 18.8. The fraction of sp³-hybridized carbons (Fsp3) is 0.250. The molecule has 0 amide bonds. The van der Waals surface area contributed by atoms with Gasteiger partial charge in [0.1, 0.15) is 23.2 Å². The maximum atomic E-state index is 13.2. The maximum absolute atomic E-state index is 13.2. The number of rotatable bonds is 3. The Labute approximate surface area is 170 Å². The number of carbonyl (C=O) groups is 1. The molecule has 1 heterocycles. The molecule has 1 aliphatic carbocycles. The summed E-state index contributed by atoms with van der Waals surface area (Å²) >= 11 is 0. The average Bonchev–Trinajstić information content (AvgIpc) is 2.73. The zero-order valence-electron chi connectivity index (χ0n) is 16.4. The SMILES string of the molecule is COc1ccc([C@H]2CC(=O)C3=C(C2)OC(N)=C(C#N)[C@@H]3c2ccc(C)cc2)cc1. The van der Waals surface area contributed by atoms with E-state index in [9.17, 15) is 10.1 Å². The lowest BCUT2D eigenvalue weighted by atomic mass is 9.73. The van der Waals surface area contributed by atoms with E-state index in [0.717, 1.165) is 22.4 Å². The van der Waals surface area contributed by atoms with Gasteiger partial charge in [0.2, 0.25) is 5.88 Å². The average molecular weight is 386 g/mol. The van der Waals surface area contributed by atoms with E-state index in [1.807, 2.05) is 55.5 Å². The van der Waals surface area contributed by atoms with Crippen LogP contribution in [-0.4, -0.2) is 12.9 Å². The van der Waals surface area contributed by atoms with Crippen molar-refractivity contribution in [3.63, 3.8) is 0 Å². The molecule has 2 aromatic rings. The van der Waals surface area contributed by atoms with Crippen LogP contribution in [0.25, 0.3) is 0 Å². The van der Waals surface area contributed by atoms with E-state index in [0.29, 0.717) is 29.7 Å². The minimum absolute atomic E-state index is 0.00195. The molecule has 0 bridgehead atoms. The Balaban J connectivity index is 1.74. The lowest BCUT2D eigenvalue weighted by Crippen LogP contribution is -2.29. The van der Waals surface area contributed by atoms with Gasteiger partial charge in [-0.3, -0.25) is 4.79 Å². The number of nitriles is 1. The lowest BCUT2D eigenvalue weighted by molar-refractivity contribution is -0.117. The highest BCUT2D eigenvalue weighted by molar-refractivity contribution is 6.00. The number of aryl methyl sites for hydroxylation is 1. The van der Waals surface area contributed by atoms with E-state index in [1.54, 1.807) is 7.11 Å². The van der Waals surface area contributed by atoms with Crippen LogP contribution in [0.5, 0.6) is 5.75 Å². The third-order valence-corrected chi connectivity index (χ3v) is 5.66. The first-order valence-corrected chi connectivity index (χ1v) is 9.56. The van der Waals surface area contributed by atoms with Crippen LogP contribution in [0.3, 0.4) is 0 Å². The van der Waals surface area contributed by atoms with Crippen LogP contribution in [0, 0.1) is 18.3 Å². The van der Waals surface area contributed by atoms with Crippen LogP contribution in [0.1, 0.15) is 41.4 Å². The highest BCUT2D eigenvalue weighted by Crippen LogP contribution is 2.46. The van der Waals surface area contributed by atoms with E-state index in [4.69, 9.17) is 15.2 Å². The predicted molar refractivity (Wildman–Crippen MR) is 109 cm³/mol. The third-order valence-electron chi connectivity index (χ3n) is 5.66. The molecule has 0 saturated heterocycles. The van der Waals surface area contributed by atoms with E-state index in [-0.39, 0.29) is 17.6 Å². The molecule has 2 aliphatic rings. The van der Waals surface area contributed by atoms with Crippen LogP contribution in [-0.2, 0) is 9.53 Å². The molecular formula is C24H22N2O3. The second kappa shape index (κ2) is 7.48. The summed E-state index contributed by atoms with van der Waals surface area (Å²) in [7, 11) is 1.62. The van der Waals surface area contributed by atoms with Crippen LogP contribution in [0.2, 0.25) is 0 Å². The van der Waals surface area contributed by atoms with Crippen molar-refractivity contribution in [3.8, 4) is 11.8 Å². The second-order valence-corrected chi connectivity index (χ2v) is 7.47. The summed E-state index contributed by atoms with van der Waals surface area (Å²) in [4.78, 5) is 13.2. The molecule has 0 unspecified atom stereocenters. The van der Waals surface area contributed by atoms with Crippen LogP contribution in [0.15, 0.2) is 71.3 Å². The summed E-state index contributed by atoms with van der Waals surface area (Å²) in [6.07, 6.45) is 0.935. The van der Waals surface area contributed by atoms with Gasteiger partial charge in [0.15, 0.2) is 5.78 Å². The van der Waals surface area contributed by atoms with E-state index < -0.39 is 5.92 Å². The van der Waals surface area contributed by atoms with Gasteiger partial charge >= 0.3 is 0 Å². The number of Topliss-reactive ketones (excluding diaryl/α,β-unsaturated/α-hetero) is 1. The number of hydrogen-bond acceptors (Lipinski definition) is 5. The summed E-state index contributed by atoms with van der Waals surface area (Å²) in [6.45, 7) is 2.00. The smallest absolute Gasteiger partial charge is 0.205 e. The molecule has 1 aliphatic heterocycles. The van der Waals surface area contributed by atoms with Gasteiger partial charge in [-0.25, -0.2) is 0 Å². The highest BCUT2D eigenvalue weighted by atomic mass is 16.5. The molecule has 2 atom stereocenters. The monoisotopic (exact) mass is 386 g/mol. The molecule has 4 rings (SSSR count).